The maximum absolute atomic E-state index is 13.6. The Morgan fingerprint density at radius 3 is 2.43 bits per heavy atom. The van der Waals surface area contributed by atoms with Crippen LogP contribution in [0.4, 0.5) is 8.78 Å². The maximum atomic E-state index is 13.6. The van der Waals surface area contributed by atoms with E-state index in [1.807, 2.05) is 43.0 Å². The van der Waals surface area contributed by atoms with Crippen molar-refractivity contribution >= 4 is 17.5 Å². The zero-order valence-electron chi connectivity index (χ0n) is 16.1. The third-order valence-corrected chi connectivity index (χ3v) is 5.78. The van der Waals surface area contributed by atoms with Gasteiger partial charge in [-0.15, -0.1) is 0 Å². The SMILES string of the molecule is Cc1cccc(C(=O)NCC(c2ccc(Cl)cc2)N2CCC(F)(F)CC2)c1C. The maximum Gasteiger partial charge on any atom is 0.251 e. The molecule has 1 heterocycles. The van der Waals surface area contributed by atoms with Crippen molar-refractivity contribution in [2.75, 3.05) is 19.6 Å². The van der Waals surface area contributed by atoms with E-state index in [0.717, 1.165) is 16.7 Å². The van der Waals surface area contributed by atoms with Gasteiger partial charge in [0, 0.05) is 43.1 Å². The van der Waals surface area contributed by atoms with E-state index >= 15 is 0 Å². The van der Waals surface area contributed by atoms with Gasteiger partial charge in [0.25, 0.3) is 11.8 Å². The molecule has 1 aliphatic rings. The molecule has 0 radical (unpaired) electrons. The fourth-order valence-electron chi connectivity index (χ4n) is 3.59. The predicted octanol–water partition coefficient (Wildman–Crippen LogP) is 5.16. The second-order valence-electron chi connectivity index (χ2n) is 7.42. The topological polar surface area (TPSA) is 32.3 Å². The van der Waals surface area contributed by atoms with Gasteiger partial charge in [0.1, 0.15) is 0 Å². The summed E-state index contributed by atoms with van der Waals surface area (Å²) in [6.45, 7) is 4.82. The monoisotopic (exact) mass is 406 g/mol. The van der Waals surface area contributed by atoms with Gasteiger partial charge >= 0.3 is 0 Å². The number of hydrogen-bond donors (Lipinski definition) is 1. The Labute approximate surface area is 169 Å². The number of alkyl halides is 2. The molecule has 28 heavy (non-hydrogen) atoms. The lowest BCUT2D eigenvalue weighted by atomic mass is 9.99. The molecular formula is C22H25ClF2N2O. The first-order chi connectivity index (χ1) is 13.3. The van der Waals surface area contributed by atoms with E-state index in [-0.39, 0.29) is 24.8 Å². The van der Waals surface area contributed by atoms with E-state index in [1.165, 1.54) is 0 Å². The molecule has 0 spiro atoms. The number of likely N-dealkylation sites (tertiary alicyclic amines) is 1. The van der Waals surface area contributed by atoms with Crippen molar-refractivity contribution in [3.63, 3.8) is 0 Å². The quantitative estimate of drug-likeness (QED) is 0.743. The highest BCUT2D eigenvalue weighted by Crippen LogP contribution is 2.32. The van der Waals surface area contributed by atoms with Crippen LogP contribution in [0.5, 0.6) is 0 Å². The second kappa shape index (κ2) is 8.58. The van der Waals surface area contributed by atoms with Gasteiger partial charge in [0.15, 0.2) is 0 Å². The zero-order chi connectivity index (χ0) is 20.3. The average Bonchev–Trinajstić information content (AvgIpc) is 2.66. The summed E-state index contributed by atoms with van der Waals surface area (Å²) < 4.78 is 27.2. The Morgan fingerprint density at radius 1 is 1.14 bits per heavy atom. The summed E-state index contributed by atoms with van der Waals surface area (Å²) in [6, 6.07) is 12.8. The molecule has 2 aromatic rings. The molecule has 1 atom stereocenters. The summed E-state index contributed by atoms with van der Waals surface area (Å²) in [5, 5.41) is 3.61. The second-order valence-corrected chi connectivity index (χ2v) is 7.85. The molecule has 0 saturated carbocycles. The zero-order valence-corrected chi connectivity index (χ0v) is 16.9. The predicted molar refractivity (Wildman–Crippen MR) is 108 cm³/mol. The smallest absolute Gasteiger partial charge is 0.251 e. The van der Waals surface area contributed by atoms with Crippen molar-refractivity contribution in [2.24, 2.45) is 0 Å². The number of amides is 1. The van der Waals surface area contributed by atoms with Crippen LogP contribution in [-0.4, -0.2) is 36.4 Å². The molecular weight excluding hydrogens is 382 g/mol. The highest BCUT2D eigenvalue weighted by Gasteiger charge is 2.36. The number of nitrogens with zero attached hydrogens (tertiary/aromatic N) is 1. The fourth-order valence-corrected chi connectivity index (χ4v) is 3.71. The molecule has 1 aliphatic heterocycles. The number of hydrogen-bond acceptors (Lipinski definition) is 2. The number of carbonyl (C=O) groups is 1. The molecule has 0 aliphatic carbocycles. The van der Waals surface area contributed by atoms with Gasteiger partial charge in [0.05, 0.1) is 6.04 Å². The number of rotatable bonds is 5. The molecule has 3 nitrogen and oxygen atoms in total. The van der Waals surface area contributed by atoms with Crippen molar-refractivity contribution in [3.05, 3.63) is 69.7 Å². The van der Waals surface area contributed by atoms with Crippen LogP contribution in [0.3, 0.4) is 0 Å². The minimum atomic E-state index is -2.61. The molecule has 1 saturated heterocycles. The Kier molecular flexibility index (Phi) is 6.36. The largest absolute Gasteiger partial charge is 0.350 e. The van der Waals surface area contributed by atoms with Gasteiger partial charge in [0.2, 0.25) is 0 Å². The minimum absolute atomic E-state index is 0.150. The van der Waals surface area contributed by atoms with Crippen LogP contribution in [0.1, 0.15) is 45.9 Å². The lowest BCUT2D eigenvalue weighted by Gasteiger charge is -2.37. The van der Waals surface area contributed by atoms with Crippen LogP contribution in [0.25, 0.3) is 0 Å². The fraction of sp³-hybridized carbons (Fsp3) is 0.409. The van der Waals surface area contributed by atoms with Crippen molar-refractivity contribution in [1.82, 2.24) is 10.2 Å². The van der Waals surface area contributed by atoms with E-state index < -0.39 is 5.92 Å². The summed E-state index contributed by atoms with van der Waals surface area (Å²) >= 11 is 6.00. The summed E-state index contributed by atoms with van der Waals surface area (Å²) in [5.41, 5.74) is 3.59. The molecule has 1 N–H and O–H groups in total. The highest BCUT2D eigenvalue weighted by molar-refractivity contribution is 6.30. The lowest BCUT2D eigenvalue weighted by Crippen LogP contribution is -2.45. The van der Waals surface area contributed by atoms with E-state index in [9.17, 15) is 13.6 Å². The van der Waals surface area contributed by atoms with E-state index in [0.29, 0.717) is 30.2 Å². The third-order valence-electron chi connectivity index (χ3n) is 5.53. The molecule has 150 valence electrons. The summed E-state index contributed by atoms with van der Waals surface area (Å²) in [7, 11) is 0. The van der Waals surface area contributed by atoms with Gasteiger partial charge in [-0.25, -0.2) is 8.78 Å². The summed E-state index contributed by atoms with van der Waals surface area (Å²) in [4.78, 5) is 14.7. The van der Waals surface area contributed by atoms with Crippen LogP contribution in [0.15, 0.2) is 42.5 Å². The van der Waals surface area contributed by atoms with Crippen LogP contribution in [0, 0.1) is 13.8 Å². The Hall–Kier alpha value is -1.98. The van der Waals surface area contributed by atoms with Crippen molar-refractivity contribution in [2.45, 2.75) is 38.7 Å². The van der Waals surface area contributed by atoms with Gasteiger partial charge in [-0.1, -0.05) is 35.9 Å². The first-order valence-corrected chi connectivity index (χ1v) is 9.86. The number of nitrogens with one attached hydrogen (secondary N) is 1. The van der Waals surface area contributed by atoms with Crippen LogP contribution < -0.4 is 5.32 Å². The van der Waals surface area contributed by atoms with Crippen LogP contribution in [-0.2, 0) is 0 Å². The van der Waals surface area contributed by atoms with Gasteiger partial charge in [-0.2, -0.15) is 0 Å². The summed E-state index contributed by atoms with van der Waals surface area (Å²) in [6.07, 6.45) is -0.329. The molecule has 1 amide bonds. The van der Waals surface area contributed by atoms with Crippen molar-refractivity contribution < 1.29 is 13.6 Å². The number of halogens is 3. The molecule has 0 bridgehead atoms. The molecule has 2 aromatic carbocycles. The highest BCUT2D eigenvalue weighted by atomic mass is 35.5. The van der Waals surface area contributed by atoms with E-state index in [4.69, 9.17) is 11.6 Å². The van der Waals surface area contributed by atoms with Crippen LogP contribution in [0.2, 0.25) is 5.02 Å². The number of piperidine rings is 1. The number of carbonyl (C=O) groups excluding carboxylic acids is 1. The normalized spacial score (nSPS) is 17.9. The molecule has 0 aromatic heterocycles. The Balaban J connectivity index is 1.76. The Bertz CT molecular complexity index is 829. The van der Waals surface area contributed by atoms with Gasteiger partial charge in [-0.05, 0) is 48.7 Å². The van der Waals surface area contributed by atoms with Crippen molar-refractivity contribution in [3.8, 4) is 0 Å². The molecule has 6 heteroatoms. The molecule has 3 rings (SSSR count). The lowest BCUT2D eigenvalue weighted by molar-refractivity contribution is -0.0632. The van der Waals surface area contributed by atoms with Gasteiger partial charge in [-0.3, -0.25) is 9.69 Å². The first-order valence-electron chi connectivity index (χ1n) is 9.48. The minimum Gasteiger partial charge on any atom is -0.350 e. The molecule has 1 fully saturated rings. The number of benzene rings is 2. The third kappa shape index (κ3) is 4.89. The van der Waals surface area contributed by atoms with Crippen LogP contribution >= 0.6 is 11.6 Å². The Morgan fingerprint density at radius 2 is 1.79 bits per heavy atom. The van der Waals surface area contributed by atoms with E-state index in [2.05, 4.69) is 5.32 Å². The standard InChI is InChI=1S/C22H25ClF2N2O/c1-15-4-3-5-19(16(15)2)21(28)26-14-20(17-6-8-18(23)9-7-17)27-12-10-22(24,25)11-13-27/h3-9,20H,10-14H2,1-2H3,(H,26,28). The molecule has 1 unspecified atom stereocenters. The average molecular weight is 407 g/mol. The number of aryl methyl sites for hydroxylation is 1. The van der Waals surface area contributed by atoms with Crippen molar-refractivity contribution in [1.29, 1.82) is 0 Å². The first kappa shape index (κ1) is 20.7. The van der Waals surface area contributed by atoms with E-state index in [1.54, 1.807) is 18.2 Å². The summed E-state index contributed by atoms with van der Waals surface area (Å²) in [5.74, 6) is -2.76. The van der Waals surface area contributed by atoms with Gasteiger partial charge < -0.3 is 5.32 Å².